The summed E-state index contributed by atoms with van der Waals surface area (Å²) in [5.41, 5.74) is 1.89. The molecule has 0 aliphatic rings. The lowest BCUT2D eigenvalue weighted by molar-refractivity contribution is 1.09. The molecular weight excluding hydrogens is 330 g/mol. The van der Waals surface area contributed by atoms with Crippen LogP contribution in [0.3, 0.4) is 0 Å². The minimum atomic E-state index is 0.598. The molecule has 0 unspecified atom stereocenters. The van der Waals surface area contributed by atoms with Crippen LogP contribution >= 0.6 is 11.3 Å². The van der Waals surface area contributed by atoms with Gasteiger partial charge in [-0.15, -0.1) is 11.3 Å². The zero-order valence-electron chi connectivity index (χ0n) is 13.8. The van der Waals surface area contributed by atoms with Crippen LogP contribution in [0.15, 0.2) is 55.0 Å². The van der Waals surface area contributed by atoms with Crippen molar-refractivity contribution in [2.45, 2.75) is 19.9 Å². The van der Waals surface area contributed by atoms with E-state index in [4.69, 9.17) is 9.97 Å². The molecule has 0 aliphatic heterocycles. The number of rotatable bonds is 5. The van der Waals surface area contributed by atoms with Crippen LogP contribution in [-0.4, -0.2) is 19.9 Å². The summed E-state index contributed by atoms with van der Waals surface area (Å²) in [5, 5.41) is 4.52. The third-order valence-electron chi connectivity index (χ3n) is 3.89. The van der Waals surface area contributed by atoms with Gasteiger partial charge in [-0.25, -0.2) is 15.0 Å². The highest BCUT2D eigenvalue weighted by atomic mass is 32.1. The highest BCUT2D eigenvalue weighted by molar-refractivity contribution is 7.18. The van der Waals surface area contributed by atoms with Crippen molar-refractivity contribution in [1.29, 1.82) is 0 Å². The Balaban J connectivity index is 1.76. The molecule has 0 spiro atoms. The maximum absolute atomic E-state index is 4.72. The number of benzene rings is 1. The van der Waals surface area contributed by atoms with E-state index in [9.17, 15) is 0 Å². The van der Waals surface area contributed by atoms with Crippen LogP contribution in [0, 0.1) is 0 Å². The molecule has 0 amide bonds. The molecule has 0 saturated heterocycles. The Hall–Kier alpha value is -2.86. The molecule has 6 heteroatoms. The predicted molar refractivity (Wildman–Crippen MR) is 102 cm³/mol. The van der Waals surface area contributed by atoms with E-state index in [1.807, 2.05) is 18.2 Å². The Bertz CT molecular complexity index is 983. The predicted octanol–water partition coefficient (Wildman–Crippen LogP) is 4.32. The Morgan fingerprint density at radius 1 is 1.08 bits per heavy atom. The van der Waals surface area contributed by atoms with Gasteiger partial charge in [-0.05, 0) is 18.1 Å². The number of nitrogens with zero attached hydrogens (tertiary/aromatic N) is 4. The highest BCUT2D eigenvalue weighted by Crippen LogP contribution is 2.31. The number of aromatic nitrogens is 4. The fraction of sp³-hybridized carbons (Fsp3) is 0.158. The van der Waals surface area contributed by atoms with Gasteiger partial charge in [0.25, 0.3) is 0 Å². The molecule has 0 aliphatic carbocycles. The van der Waals surface area contributed by atoms with Crippen molar-refractivity contribution in [3.63, 3.8) is 0 Å². The van der Waals surface area contributed by atoms with Gasteiger partial charge in [-0.3, -0.25) is 4.98 Å². The maximum Gasteiger partial charge on any atom is 0.183 e. The first-order valence-corrected chi connectivity index (χ1v) is 9.00. The number of aryl methyl sites for hydroxylation is 1. The molecule has 0 fully saturated rings. The van der Waals surface area contributed by atoms with Crippen LogP contribution in [0.5, 0.6) is 0 Å². The summed E-state index contributed by atoms with van der Waals surface area (Å²) in [6.07, 6.45) is 5.99. The molecular formula is C19H17N5S. The third-order valence-corrected chi connectivity index (χ3v) is 5.06. The van der Waals surface area contributed by atoms with E-state index in [-0.39, 0.29) is 0 Å². The summed E-state index contributed by atoms with van der Waals surface area (Å²) < 4.78 is 0. The van der Waals surface area contributed by atoms with Crippen LogP contribution in [0.2, 0.25) is 0 Å². The second-order valence-electron chi connectivity index (χ2n) is 5.61. The molecule has 4 rings (SSSR count). The molecule has 0 atom stereocenters. The van der Waals surface area contributed by atoms with Crippen LogP contribution in [-0.2, 0) is 13.0 Å². The summed E-state index contributed by atoms with van der Waals surface area (Å²) in [5.74, 6) is 1.44. The number of thiophene rings is 1. The van der Waals surface area contributed by atoms with Gasteiger partial charge >= 0.3 is 0 Å². The van der Waals surface area contributed by atoms with E-state index >= 15 is 0 Å². The zero-order valence-corrected chi connectivity index (χ0v) is 14.6. The fourth-order valence-electron chi connectivity index (χ4n) is 2.59. The molecule has 0 radical (unpaired) electrons. The van der Waals surface area contributed by atoms with Crippen molar-refractivity contribution in [1.82, 2.24) is 19.9 Å². The Morgan fingerprint density at radius 3 is 2.72 bits per heavy atom. The quantitative estimate of drug-likeness (QED) is 0.582. The van der Waals surface area contributed by atoms with Crippen molar-refractivity contribution < 1.29 is 0 Å². The van der Waals surface area contributed by atoms with Gasteiger partial charge in [0.05, 0.1) is 11.6 Å². The second-order valence-corrected chi connectivity index (χ2v) is 6.73. The SMILES string of the molecule is CCc1cc2c(NCc3ccccc3)nc(-c3cnccn3)nc2s1. The molecule has 4 aromatic rings. The molecule has 3 heterocycles. The topological polar surface area (TPSA) is 63.6 Å². The van der Waals surface area contributed by atoms with Crippen molar-refractivity contribution in [2.75, 3.05) is 5.32 Å². The molecule has 0 saturated carbocycles. The number of hydrogen-bond donors (Lipinski definition) is 1. The third kappa shape index (κ3) is 3.34. The molecule has 124 valence electrons. The summed E-state index contributed by atoms with van der Waals surface area (Å²) in [6, 6.07) is 12.5. The Kier molecular flexibility index (Phi) is 4.35. The van der Waals surface area contributed by atoms with E-state index in [0.29, 0.717) is 18.1 Å². The molecule has 25 heavy (non-hydrogen) atoms. The van der Waals surface area contributed by atoms with Crippen molar-refractivity contribution in [3.8, 4) is 11.5 Å². The summed E-state index contributed by atoms with van der Waals surface area (Å²) in [6.45, 7) is 2.86. The van der Waals surface area contributed by atoms with Gasteiger partial charge in [0.15, 0.2) is 5.82 Å². The first-order chi connectivity index (χ1) is 12.3. The van der Waals surface area contributed by atoms with E-state index in [2.05, 4.69) is 40.4 Å². The number of hydrogen-bond acceptors (Lipinski definition) is 6. The highest BCUT2D eigenvalue weighted by Gasteiger charge is 2.13. The smallest absolute Gasteiger partial charge is 0.183 e. The largest absolute Gasteiger partial charge is 0.365 e. The molecule has 0 bridgehead atoms. The van der Waals surface area contributed by atoms with Crippen LogP contribution in [0.4, 0.5) is 5.82 Å². The lowest BCUT2D eigenvalue weighted by atomic mass is 10.2. The van der Waals surface area contributed by atoms with Gasteiger partial charge in [-0.1, -0.05) is 37.3 Å². The van der Waals surface area contributed by atoms with Gasteiger partial charge in [0, 0.05) is 23.8 Å². The van der Waals surface area contributed by atoms with E-state index in [1.54, 1.807) is 29.9 Å². The monoisotopic (exact) mass is 347 g/mol. The van der Waals surface area contributed by atoms with Gasteiger partial charge in [0.2, 0.25) is 0 Å². The summed E-state index contributed by atoms with van der Waals surface area (Å²) in [4.78, 5) is 20.1. The van der Waals surface area contributed by atoms with E-state index < -0.39 is 0 Å². The van der Waals surface area contributed by atoms with Crippen LogP contribution < -0.4 is 5.32 Å². The second kappa shape index (κ2) is 6.94. The average molecular weight is 347 g/mol. The van der Waals surface area contributed by atoms with Crippen molar-refractivity contribution in [2.24, 2.45) is 0 Å². The van der Waals surface area contributed by atoms with Gasteiger partial charge in [-0.2, -0.15) is 0 Å². The standard InChI is InChI=1S/C19H17N5S/c1-2-14-10-15-17(22-11-13-6-4-3-5-7-13)23-18(24-19(15)25-14)16-12-20-8-9-21-16/h3-10,12H,2,11H2,1H3,(H,22,23,24). The lowest BCUT2D eigenvalue weighted by Gasteiger charge is -2.08. The van der Waals surface area contributed by atoms with Crippen LogP contribution in [0.25, 0.3) is 21.7 Å². The zero-order chi connectivity index (χ0) is 17.1. The first-order valence-electron chi connectivity index (χ1n) is 8.18. The summed E-state index contributed by atoms with van der Waals surface area (Å²) >= 11 is 1.70. The normalized spacial score (nSPS) is 10.9. The van der Waals surface area contributed by atoms with Crippen LogP contribution in [0.1, 0.15) is 17.4 Å². The summed E-state index contributed by atoms with van der Waals surface area (Å²) in [7, 11) is 0. The number of nitrogens with one attached hydrogen (secondary N) is 1. The van der Waals surface area contributed by atoms with E-state index in [1.165, 1.54) is 10.4 Å². The lowest BCUT2D eigenvalue weighted by Crippen LogP contribution is -2.04. The Morgan fingerprint density at radius 2 is 1.96 bits per heavy atom. The molecule has 1 N–H and O–H groups in total. The van der Waals surface area contributed by atoms with Crippen molar-refractivity contribution in [3.05, 3.63) is 65.4 Å². The van der Waals surface area contributed by atoms with Gasteiger partial charge < -0.3 is 5.32 Å². The Labute approximate surface area is 149 Å². The average Bonchev–Trinajstić information content (AvgIpc) is 3.11. The molecule has 5 nitrogen and oxygen atoms in total. The fourth-order valence-corrected chi connectivity index (χ4v) is 3.56. The van der Waals surface area contributed by atoms with Gasteiger partial charge in [0.1, 0.15) is 16.3 Å². The number of anilines is 1. The number of fused-ring (bicyclic) bond motifs is 1. The van der Waals surface area contributed by atoms with Crippen molar-refractivity contribution >= 4 is 27.4 Å². The minimum absolute atomic E-state index is 0.598. The maximum atomic E-state index is 4.72. The first kappa shape index (κ1) is 15.7. The minimum Gasteiger partial charge on any atom is -0.365 e. The van der Waals surface area contributed by atoms with E-state index in [0.717, 1.165) is 22.5 Å². The molecule has 3 aromatic heterocycles. The molecule has 1 aromatic carbocycles.